The van der Waals surface area contributed by atoms with Gasteiger partial charge in [0.1, 0.15) is 5.65 Å². The molecule has 2 aromatic rings. The SMILES string of the molecule is CCC[C@@H](C)NC(=O)c1cnc2c(c1)c(=O)n(C)c(=O)n2C. The summed E-state index contributed by atoms with van der Waals surface area (Å²) in [5.74, 6) is -0.272. The highest BCUT2D eigenvalue weighted by Gasteiger charge is 2.14. The van der Waals surface area contributed by atoms with Gasteiger partial charge in [0.2, 0.25) is 0 Å². The maximum Gasteiger partial charge on any atom is 0.332 e. The average Bonchev–Trinajstić information content (AvgIpc) is 2.50. The van der Waals surface area contributed by atoms with Crippen LogP contribution in [0.25, 0.3) is 11.0 Å². The Morgan fingerprint density at radius 1 is 1.32 bits per heavy atom. The molecule has 2 rings (SSSR count). The number of rotatable bonds is 4. The molecule has 2 heterocycles. The van der Waals surface area contributed by atoms with E-state index in [2.05, 4.69) is 10.3 Å². The van der Waals surface area contributed by atoms with Crippen LogP contribution in [0.4, 0.5) is 0 Å². The van der Waals surface area contributed by atoms with Crippen molar-refractivity contribution in [2.24, 2.45) is 14.1 Å². The van der Waals surface area contributed by atoms with Gasteiger partial charge in [-0.3, -0.25) is 18.7 Å². The second-order valence-electron chi connectivity index (χ2n) is 5.46. The summed E-state index contributed by atoms with van der Waals surface area (Å²) in [6.45, 7) is 3.98. The standard InChI is InChI=1S/C15H20N4O3/c1-5-6-9(2)17-13(20)10-7-11-12(16-8-10)18(3)15(22)19(4)14(11)21/h7-9H,5-6H2,1-4H3,(H,17,20)/t9-/m1/s1. The average molecular weight is 304 g/mol. The second-order valence-corrected chi connectivity index (χ2v) is 5.46. The number of aromatic nitrogens is 3. The van der Waals surface area contributed by atoms with E-state index in [1.165, 1.54) is 23.9 Å². The molecule has 0 aliphatic carbocycles. The van der Waals surface area contributed by atoms with Crippen molar-refractivity contribution >= 4 is 16.9 Å². The molecule has 1 N–H and O–H groups in total. The molecule has 118 valence electrons. The summed E-state index contributed by atoms with van der Waals surface area (Å²) in [6, 6.07) is 1.54. The van der Waals surface area contributed by atoms with Crippen LogP contribution in [0.5, 0.6) is 0 Å². The predicted molar refractivity (Wildman–Crippen MR) is 84.1 cm³/mol. The number of hydrogen-bond donors (Lipinski definition) is 1. The summed E-state index contributed by atoms with van der Waals surface area (Å²) < 4.78 is 2.30. The van der Waals surface area contributed by atoms with E-state index in [0.29, 0.717) is 5.56 Å². The molecule has 0 aromatic carbocycles. The van der Waals surface area contributed by atoms with E-state index in [9.17, 15) is 14.4 Å². The van der Waals surface area contributed by atoms with Gasteiger partial charge in [-0.05, 0) is 19.4 Å². The fourth-order valence-corrected chi connectivity index (χ4v) is 2.40. The van der Waals surface area contributed by atoms with E-state index in [-0.39, 0.29) is 23.0 Å². The van der Waals surface area contributed by atoms with Gasteiger partial charge in [0.05, 0.1) is 10.9 Å². The Labute approximate surface area is 127 Å². The Morgan fingerprint density at radius 3 is 2.64 bits per heavy atom. The predicted octanol–water partition coefficient (Wildman–Crippen LogP) is 0.551. The fraction of sp³-hybridized carbons (Fsp3) is 0.467. The van der Waals surface area contributed by atoms with E-state index in [1.54, 1.807) is 7.05 Å². The van der Waals surface area contributed by atoms with Crippen LogP contribution in [-0.2, 0) is 14.1 Å². The Balaban J connectivity index is 2.49. The molecule has 1 amide bonds. The lowest BCUT2D eigenvalue weighted by Gasteiger charge is -2.13. The smallest absolute Gasteiger partial charge is 0.332 e. The molecule has 0 radical (unpaired) electrons. The van der Waals surface area contributed by atoms with Crippen LogP contribution >= 0.6 is 0 Å². The summed E-state index contributed by atoms with van der Waals surface area (Å²) in [4.78, 5) is 40.3. The number of carbonyl (C=O) groups is 1. The molecule has 0 unspecified atom stereocenters. The zero-order valence-corrected chi connectivity index (χ0v) is 13.2. The Bertz CT molecular complexity index is 835. The maximum atomic E-state index is 12.2. The number of fused-ring (bicyclic) bond motifs is 1. The highest BCUT2D eigenvalue weighted by molar-refractivity contribution is 5.96. The molecule has 0 saturated carbocycles. The number of aryl methyl sites for hydroxylation is 1. The normalized spacial score (nSPS) is 12.4. The van der Waals surface area contributed by atoms with Crippen LogP contribution in [0.15, 0.2) is 21.9 Å². The zero-order chi connectivity index (χ0) is 16.4. The first-order valence-corrected chi connectivity index (χ1v) is 7.23. The monoisotopic (exact) mass is 304 g/mol. The van der Waals surface area contributed by atoms with Gasteiger partial charge < -0.3 is 5.32 Å². The van der Waals surface area contributed by atoms with Gasteiger partial charge in [-0.1, -0.05) is 13.3 Å². The lowest BCUT2D eigenvalue weighted by Crippen LogP contribution is -2.37. The third-order valence-corrected chi connectivity index (χ3v) is 3.65. The molecule has 7 nitrogen and oxygen atoms in total. The van der Waals surface area contributed by atoms with Crippen molar-refractivity contribution < 1.29 is 4.79 Å². The van der Waals surface area contributed by atoms with E-state index < -0.39 is 11.2 Å². The van der Waals surface area contributed by atoms with E-state index in [1.807, 2.05) is 13.8 Å². The van der Waals surface area contributed by atoms with Crippen molar-refractivity contribution in [1.29, 1.82) is 0 Å². The first kappa shape index (κ1) is 15.9. The maximum absolute atomic E-state index is 12.2. The quantitative estimate of drug-likeness (QED) is 0.894. The molecule has 0 bridgehead atoms. The summed E-state index contributed by atoms with van der Waals surface area (Å²) in [5.41, 5.74) is -0.321. The topological polar surface area (TPSA) is 86.0 Å². The fourth-order valence-electron chi connectivity index (χ4n) is 2.40. The van der Waals surface area contributed by atoms with Crippen LogP contribution in [0.2, 0.25) is 0 Å². The number of nitrogens with one attached hydrogen (secondary N) is 1. The van der Waals surface area contributed by atoms with Crippen LogP contribution in [0.3, 0.4) is 0 Å². The lowest BCUT2D eigenvalue weighted by molar-refractivity contribution is 0.0938. The van der Waals surface area contributed by atoms with Gasteiger partial charge >= 0.3 is 5.69 Å². The van der Waals surface area contributed by atoms with Crippen molar-refractivity contribution in [3.63, 3.8) is 0 Å². The summed E-state index contributed by atoms with van der Waals surface area (Å²) in [5, 5.41) is 3.12. The first-order valence-electron chi connectivity index (χ1n) is 7.23. The number of carbonyl (C=O) groups excluding carboxylic acids is 1. The molecular weight excluding hydrogens is 284 g/mol. The Morgan fingerprint density at radius 2 is 2.00 bits per heavy atom. The second kappa shape index (κ2) is 6.13. The van der Waals surface area contributed by atoms with Gasteiger partial charge in [-0.2, -0.15) is 0 Å². The number of pyridine rings is 1. The zero-order valence-electron chi connectivity index (χ0n) is 13.2. The number of nitrogens with zero attached hydrogens (tertiary/aromatic N) is 3. The summed E-state index contributed by atoms with van der Waals surface area (Å²) >= 11 is 0. The highest BCUT2D eigenvalue weighted by atomic mass is 16.2. The molecule has 0 aliphatic rings. The van der Waals surface area contributed by atoms with Gasteiger partial charge in [0, 0.05) is 26.3 Å². The molecule has 1 atom stereocenters. The molecular formula is C15H20N4O3. The Hall–Kier alpha value is -2.44. The molecule has 2 aromatic heterocycles. The molecule has 0 saturated heterocycles. The minimum Gasteiger partial charge on any atom is -0.350 e. The van der Waals surface area contributed by atoms with Crippen LogP contribution in [-0.4, -0.2) is 26.1 Å². The van der Waals surface area contributed by atoms with E-state index >= 15 is 0 Å². The van der Waals surface area contributed by atoms with Gasteiger partial charge in [0.25, 0.3) is 11.5 Å². The minimum absolute atomic E-state index is 0.0520. The van der Waals surface area contributed by atoms with Gasteiger partial charge in [0.15, 0.2) is 0 Å². The largest absolute Gasteiger partial charge is 0.350 e. The van der Waals surface area contributed by atoms with E-state index in [0.717, 1.165) is 17.4 Å². The minimum atomic E-state index is -0.457. The lowest BCUT2D eigenvalue weighted by atomic mass is 10.1. The molecule has 22 heavy (non-hydrogen) atoms. The van der Waals surface area contributed by atoms with Gasteiger partial charge in [-0.25, -0.2) is 9.78 Å². The third kappa shape index (κ3) is 2.79. The van der Waals surface area contributed by atoms with Crippen molar-refractivity contribution in [3.05, 3.63) is 38.7 Å². The van der Waals surface area contributed by atoms with Crippen LogP contribution in [0.1, 0.15) is 37.0 Å². The molecule has 0 spiro atoms. The van der Waals surface area contributed by atoms with Crippen molar-refractivity contribution in [3.8, 4) is 0 Å². The summed E-state index contributed by atoms with van der Waals surface area (Å²) in [6.07, 6.45) is 3.23. The summed E-state index contributed by atoms with van der Waals surface area (Å²) in [7, 11) is 2.94. The Kier molecular flexibility index (Phi) is 4.44. The third-order valence-electron chi connectivity index (χ3n) is 3.65. The van der Waals surface area contributed by atoms with E-state index in [4.69, 9.17) is 0 Å². The van der Waals surface area contributed by atoms with Gasteiger partial charge in [-0.15, -0.1) is 0 Å². The van der Waals surface area contributed by atoms with Crippen LogP contribution in [0, 0.1) is 0 Å². The van der Waals surface area contributed by atoms with Crippen molar-refractivity contribution in [1.82, 2.24) is 19.4 Å². The number of amides is 1. The van der Waals surface area contributed by atoms with Crippen molar-refractivity contribution in [2.75, 3.05) is 0 Å². The highest BCUT2D eigenvalue weighted by Crippen LogP contribution is 2.08. The molecule has 7 heteroatoms. The molecule has 0 fully saturated rings. The van der Waals surface area contributed by atoms with Crippen molar-refractivity contribution in [2.45, 2.75) is 32.7 Å². The van der Waals surface area contributed by atoms with Crippen LogP contribution < -0.4 is 16.6 Å². The number of hydrogen-bond acceptors (Lipinski definition) is 4. The first-order chi connectivity index (χ1) is 10.4. The molecule has 0 aliphatic heterocycles.